The SMILES string of the molecule is [C]#Cc1ccc(C(=O)N(C)C(=O)OCN)cc1. The molecular formula is C12H11N2O3. The van der Waals surface area contributed by atoms with E-state index in [0.717, 1.165) is 4.90 Å². The van der Waals surface area contributed by atoms with Crippen LogP contribution in [0, 0.1) is 12.3 Å². The minimum absolute atomic E-state index is 0.280. The molecule has 2 N–H and O–H groups in total. The average molecular weight is 231 g/mol. The highest BCUT2D eigenvalue weighted by Gasteiger charge is 2.19. The molecule has 87 valence electrons. The zero-order valence-electron chi connectivity index (χ0n) is 9.27. The lowest BCUT2D eigenvalue weighted by atomic mass is 10.1. The molecule has 0 aliphatic heterocycles. The van der Waals surface area contributed by atoms with Crippen molar-refractivity contribution >= 4 is 12.0 Å². The van der Waals surface area contributed by atoms with Crippen LogP contribution in [0.1, 0.15) is 15.9 Å². The van der Waals surface area contributed by atoms with Crippen molar-refractivity contribution in [3.05, 3.63) is 41.8 Å². The second-order valence-corrected chi connectivity index (χ2v) is 3.14. The van der Waals surface area contributed by atoms with Crippen LogP contribution in [0.15, 0.2) is 24.3 Å². The van der Waals surface area contributed by atoms with Crippen molar-refractivity contribution in [1.82, 2.24) is 4.90 Å². The minimum atomic E-state index is -0.805. The Morgan fingerprint density at radius 1 is 1.41 bits per heavy atom. The molecular weight excluding hydrogens is 220 g/mol. The Kier molecular flexibility index (Phi) is 4.26. The first-order valence-corrected chi connectivity index (χ1v) is 4.78. The summed E-state index contributed by atoms with van der Waals surface area (Å²) < 4.78 is 4.49. The maximum atomic E-state index is 11.8. The smallest absolute Gasteiger partial charge is 0.417 e. The number of carbonyl (C=O) groups is 2. The molecule has 5 heteroatoms. The Labute approximate surface area is 99.2 Å². The summed E-state index contributed by atoms with van der Waals surface area (Å²) in [6.45, 7) is -0.280. The Hall–Kier alpha value is -2.32. The van der Waals surface area contributed by atoms with Crippen molar-refractivity contribution in [2.45, 2.75) is 0 Å². The van der Waals surface area contributed by atoms with Crippen molar-refractivity contribution < 1.29 is 14.3 Å². The van der Waals surface area contributed by atoms with Crippen LogP contribution in [0.2, 0.25) is 0 Å². The van der Waals surface area contributed by atoms with Gasteiger partial charge in [0.15, 0.2) is 0 Å². The van der Waals surface area contributed by atoms with Gasteiger partial charge in [0.25, 0.3) is 5.91 Å². The van der Waals surface area contributed by atoms with E-state index in [-0.39, 0.29) is 6.73 Å². The van der Waals surface area contributed by atoms with Gasteiger partial charge in [-0.1, -0.05) is 5.92 Å². The number of rotatable bonds is 2. The van der Waals surface area contributed by atoms with Gasteiger partial charge in [-0.15, -0.1) is 0 Å². The van der Waals surface area contributed by atoms with Gasteiger partial charge in [-0.25, -0.2) is 9.69 Å². The van der Waals surface area contributed by atoms with Crippen molar-refractivity contribution in [1.29, 1.82) is 0 Å². The average Bonchev–Trinajstić information content (AvgIpc) is 2.37. The number of amides is 2. The lowest BCUT2D eigenvalue weighted by Crippen LogP contribution is -2.34. The van der Waals surface area contributed by atoms with Gasteiger partial charge in [0.2, 0.25) is 0 Å². The summed E-state index contributed by atoms with van der Waals surface area (Å²) in [6, 6.07) is 6.13. The molecule has 17 heavy (non-hydrogen) atoms. The lowest BCUT2D eigenvalue weighted by molar-refractivity contribution is 0.0715. The second kappa shape index (κ2) is 5.68. The maximum absolute atomic E-state index is 11.8. The first kappa shape index (κ1) is 12.7. The van der Waals surface area contributed by atoms with Crippen LogP contribution in [0.25, 0.3) is 0 Å². The molecule has 2 amide bonds. The Morgan fingerprint density at radius 3 is 2.47 bits per heavy atom. The van der Waals surface area contributed by atoms with Crippen LogP contribution < -0.4 is 5.73 Å². The first-order chi connectivity index (χ1) is 8.10. The Bertz CT molecular complexity index is 460. The summed E-state index contributed by atoms with van der Waals surface area (Å²) in [7, 11) is 1.30. The number of carbonyl (C=O) groups excluding carboxylic acids is 2. The molecule has 0 atom stereocenters. The van der Waals surface area contributed by atoms with E-state index >= 15 is 0 Å². The molecule has 0 aliphatic carbocycles. The fourth-order valence-corrected chi connectivity index (χ4v) is 1.14. The van der Waals surface area contributed by atoms with E-state index in [9.17, 15) is 9.59 Å². The largest absolute Gasteiger partial charge is 0.433 e. The topological polar surface area (TPSA) is 72.6 Å². The maximum Gasteiger partial charge on any atom is 0.417 e. The molecule has 1 rings (SSSR count). The number of nitrogens with two attached hydrogens (primary N) is 1. The highest BCUT2D eigenvalue weighted by Crippen LogP contribution is 2.07. The van der Waals surface area contributed by atoms with Gasteiger partial charge >= 0.3 is 6.09 Å². The van der Waals surface area contributed by atoms with Crippen molar-refractivity contribution in [2.24, 2.45) is 5.73 Å². The minimum Gasteiger partial charge on any atom is -0.433 e. The zero-order valence-corrected chi connectivity index (χ0v) is 9.27. The van der Waals surface area contributed by atoms with E-state index in [1.54, 1.807) is 12.1 Å². The number of nitrogens with zero attached hydrogens (tertiary/aromatic N) is 1. The molecule has 1 aromatic carbocycles. The van der Waals surface area contributed by atoms with E-state index in [0.29, 0.717) is 11.1 Å². The van der Waals surface area contributed by atoms with Crippen molar-refractivity contribution in [3.63, 3.8) is 0 Å². The summed E-state index contributed by atoms with van der Waals surface area (Å²) >= 11 is 0. The molecule has 0 saturated heterocycles. The van der Waals surface area contributed by atoms with E-state index < -0.39 is 12.0 Å². The van der Waals surface area contributed by atoms with E-state index in [1.807, 2.05) is 0 Å². The van der Waals surface area contributed by atoms with Crippen LogP contribution in [-0.2, 0) is 4.74 Å². The predicted octanol–water partition coefficient (Wildman–Crippen LogP) is 0.749. The molecule has 0 saturated carbocycles. The van der Waals surface area contributed by atoms with Gasteiger partial charge in [0.05, 0.1) is 0 Å². The number of hydrogen-bond acceptors (Lipinski definition) is 4. The lowest BCUT2D eigenvalue weighted by Gasteiger charge is -2.14. The van der Waals surface area contributed by atoms with Crippen LogP contribution in [-0.4, -0.2) is 30.7 Å². The third-order valence-corrected chi connectivity index (χ3v) is 2.06. The van der Waals surface area contributed by atoms with Gasteiger partial charge in [-0.05, 0) is 30.7 Å². The standard InChI is InChI=1S/C12H11N2O3/c1-3-9-4-6-10(7-5-9)11(15)14(2)12(16)17-8-13/h4-7H,8,13H2,2H3. The van der Waals surface area contributed by atoms with Gasteiger partial charge in [0.1, 0.15) is 6.73 Å². The fourth-order valence-electron chi connectivity index (χ4n) is 1.14. The number of ether oxygens (including phenoxy) is 1. The summed E-state index contributed by atoms with van der Waals surface area (Å²) in [5.41, 5.74) is 5.90. The monoisotopic (exact) mass is 231 g/mol. The van der Waals surface area contributed by atoms with Gasteiger partial charge in [0, 0.05) is 18.2 Å². The Morgan fingerprint density at radius 2 is 2.00 bits per heavy atom. The van der Waals surface area contributed by atoms with Gasteiger partial charge < -0.3 is 4.74 Å². The molecule has 0 aromatic heterocycles. The molecule has 5 nitrogen and oxygen atoms in total. The second-order valence-electron chi connectivity index (χ2n) is 3.14. The summed E-state index contributed by atoms with van der Waals surface area (Å²) in [5.74, 6) is 1.68. The fraction of sp³-hybridized carbons (Fsp3) is 0.167. The Balaban J connectivity index is 2.82. The van der Waals surface area contributed by atoms with Gasteiger partial charge in [-0.3, -0.25) is 10.5 Å². The molecule has 0 bridgehead atoms. The highest BCUT2D eigenvalue weighted by molar-refractivity contribution is 6.02. The van der Waals surface area contributed by atoms with E-state index in [2.05, 4.69) is 10.7 Å². The molecule has 0 fully saturated rings. The predicted molar refractivity (Wildman–Crippen MR) is 60.3 cm³/mol. The molecule has 0 aliphatic rings. The molecule has 0 unspecified atom stereocenters. The summed E-state index contributed by atoms with van der Waals surface area (Å²) in [6.07, 6.45) is 6.09. The zero-order chi connectivity index (χ0) is 12.8. The molecule has 1 aromatic rings. The number of hydrogen-bond donors (Lipinski definition) is 1. The molecule has 0 heterocycles. The van der Waals surface area contributed by atoms with Crippen LogP contribution >= 0.6 is 0 Å². The normalized spacial score (nSPS) is 9.24. The number of benzene rings is 1. The number of imide groups is 1. The van der Waals surface area contributed by atoms with E-state index in [4.69, 9.17) is 12.2 Å². The third kappa shape index (κ3) is 3.06. The van der Waals surface area contributed by atoms with Gasteiger partial charge in [-0.2, -0.15) is 0 Å². The third-order valence-electron chi connectivity index (χ3n) is 2.06. The first-order valence-electron chi connectivity index (χ1n) is 4.78. The van der Waals surface area contributed by atoms with Crippen LogP contribution in [0.4, 0.5) is 4.79 Å². The van der Waals surface area contributed by atoms with Crippen LogP contribution in [0.3, 0.4) is 0 Å². The summed E-state index contributed by atoms with van der Waals surface area (Å²) in [4.78, 5) is 23.8. The highest BCUT2D eigenvalue weighted by atomic mass is 16.6. The van der Waals surface area contributed by atoms with Crippen LogP contribution in [0.5, 0.6) is 0 Å². The summed E-state index contributed by atoms with van der Waals surface area (Å²) in [5, 5.41) is 0. The van der Waals surface area contributed by atoms with Crippen molar-refractivity contribution in [3.8, 4) is 5.92 Å². The molecule has 1 radical (unpaired) electrons. The molecule has 0 spiro atoms. The van der Waals surface area contributed by atoms with E-state index in [1.165, 1.54) is 19.2 Å². The van der Waals surface area contributed by atoms with Crippen molar-refractivity contribution in [2.75, 3.05) is 13.8 Å². The quantitative estimate of drug-likeness (QED) is 0.602.